The van der Waals surface area contributed by atoms with Gasteiger partial charge in [0.05, 0.1) is 30.5 Å². The molecule has 0 spiro atoms. The summed E-state index contributed by atoms with van der Waals surface area (Å²) in [5, 5.41) is 11.5. The van der Waals surface area contributed by atoms with Gasteiger partial charge in [0.25, 0.3) is 5.91 Å². The van der Waals surface area contributed by atoms with Crippen LogP contribution < -0.4 is 10.1 Å². The normalized spacial score (nSPS) is 11.8. The van der Waals surface area contributed by atoms with E-state index in [4.69, 9.17) is 14.3 Å². The zero-order chi connectivity index (χ0) is 17.9. The molecule has 0 saturated carbocycles. The third-order valence-corrected chi connectivity index (χ3v) is 3.60. The van der Waals surface area contributed by atoms with Crippen molar-refractivity contribution in [2.75, 3.05) is 7.11 Å². The largest absolute Gasteiger partial charge is 0.496 e. The number of hydrogen-bond donors (Lipinski definition) is 2. The van der Waals surface area contributed by atoms with E-state index >= 15 is 0 Å². The van der Waals surface area contributed by atoms with Gasteiger partial charge in [0.1, 0.15) is 23.7 Å². The van der Waals surface area contributed by atoms with Gasteiger partial charge in [-0.3, -0.25) is 9.59 Å². The Balaban J connectivity index is 2.28. The summed E-state index contributed by atoms with van der Waals surface area (Å²) < 4.78 is 24.4. The van der Waals surface area contributed by atoms with Gasteiger partial charge in [-0.25, -0.2) is 4.39 Å². The maximum absolute atomic E-state index is 14.1. The second-order valence-corrected chi connectivity index (χ2v) is 5.34. The highest BCUT2D eigenvalue weighted by molar-refractivity contribution is 5.97. The zero-order valence-corrected chi connectivity index (χ0v) is 13.6. The minimum absolute atomic E-state index is 0.0604. The first-order valence-corrected chi connectivity index (χ1v) is 7.27. The van der Waals surface area contributed by atoms with E-state index in [9.17, 15) is 14.0 Å². The van der Waals surface area contributed by atoms with Crippen LogP contribution in [0.4, 0.5) is 4.39 Å². The lowest BCUT2D eigenvalue weighted by Gasteiger charge is -2.18. The summed E-state index contributed by atoms with van der Waals surface area (Å²) in [7, 11) is 1.41. The van der Waals surface area contributed by atoms with E-state index in [0.717, 1.165) is 0 Å². The number of carbonyl (C=O) groups excluding carboxylic acids is 1. The first kappa shape index (κ1) is 17.5. The second kappa shape index (κ2) is 7.16. The van der Waals surface area contributed by atoms with Crippen LogP contribution in [-0.4, -0.2) is 24.1 Å². The molecule has 0 radical (unpaired) electrons. The Morgan fingerprint density at radius 2 is 2.12 bits per heavy atom. The SMILES string of the molecule is COc1cccc(F)c1C(C)NC(=O)c1c(C)coc1CC(=O)O. The molecule has 6 nitrogen and oxygen atoms in total. The van der Waals surface area contributed by atoms with Crippen molar-refractivity contribution >= 4 is 11.9 Å². The van der Waals surface area contributed by atoms with E-state index in [0.29, 0.717) is 11.3 Å². The number of halogens is 1. The number of carboxylic acid groups (broad SMARTS) is 1. The predicted octanol–water partition coefficient (Wildman–Crippen LogP) is 2.85. The third kappa shape index (κ3) is 3.56. The Kier molecular flexibility index (Phi) is 5.23. The molecular formula is C17H18FNO5. The fourth-order valence-corrected chi connectivity index (χ4v) is 2.53. The molecular weight excluding hydrogens is 317 g/mol. The van der Waals surface area contributed by atoms with Crippen molar-refractivity contribution in [1.29, 1.82) is 0 Å². The first-order chi connectivity index (χ1) is 11.3. The van der Waals surface area contributed by atoms with E-state index < -0.39 is 30.2 Å². The molecule has 0 fully saturated rings. The van der Waals surface area contributed by atoms with E-state index in [1.54, 1.807) is 19.9 Å². The van der Waals surface area contributed by atoms with Crippen LogP contribution in [0.25, 0.3) is 0 Å². The molecule has 24 heavy (non-hydrogen) atoms. The van der Waals surface area contributed by atoms with E-state index in [1.165, 1.54) is 25.5 Å². The highest BCUT2D eigenvalue weighted by atomic mass is 19.1. The van der Waals surface area contributed by atoms with Crippen molar-refractivity contribution in [3.63, 3.8) is 0 Å². The minimum Gasteiger partial charge on any atom is -0.496 e. The average Bonchev–Trinajstić information content (AvgIpc) is 2.86. The maximum Gasteiger partial charge on any atom is 0.311 e. The Labute approximate surface area is 138 Å². The number of carboxylic acids is 1. The topological polar surface area (TPSA) is 88.8 Å². The molecule has 1 unspecified atom stereocenters. The summed E-state index contributed by atoms with van der Waals surface area (Å²) in [6.45, 7) is 3.25. The van der Waals surface area contributed by atoms with Crippen molar-refractivity contribution in [3.8, 4) is 5.75 Å². The fraction of sp³-hybridized carbons (Fsp3) is 0.294. The lowest BCUT2D eigenvalue weighted by Crippen LogP contribution is -2.28. The quantitative estimate of drug-likeness (QED) is 0.847. The monoisotopic (exact) mass is 335 g/mol. The molecule has 0 aliphatic rings. The molecule has 1 aromatic carbocycles. The summed E-state index contributed by atoms with van der Waals surface area (Å²) in [6.07, 6.45) is 0.912. The molecule has 1 amide bonds. The van der Waals surface area contributed by atoms with E-state index in [-0.39, 0.29) is 16.9 Å². The van der Waals surface area contributed by atoms with Crippen molar-refractivity contribution in [1.82, 2.24) is 5.32 Å². The van der Waals surface area contributed by atoms with Crippen LogP contribution in [0.1, 0.15) is 40.2 Å². The van der Waals surface area contributed by atoms with Gasteiger partial charge in [0.2, 0.25) is 0 Å². The van der Waals surface area contributed by atoms with Crippen molar-refractivity contribution in [3.05, 3.63) is 52.7 Å². The van der Waals surface area contributed by atoms with Crippen molar-refractivity contribution in [2.24, 2.45) is 0 Å². The number of ether oxygens (including phenoxy) is 1. The van der Waals surface area contributed by atoms with Gasteiger partial charge in [-0.1, -0.05) is 6.07 Å². The lowest BCUT2D eigenvalue weighted by molar-refractivity contribution is -0.136. The molecule has 0 aliphatic heterocycles. The summed E-state index contributed by atoms with van der Waals surface area (Å²) >= 11 is 0. The molecule has 7 heteroatoms. The standard InChI is InChI=1S/C17H18FNO5/c1-9-8-24-13(7-14(20)21)15(9)17(22)19-10(2)16-11(18)5-4-6-12(16)23-3/h4-6,8,10H,7H2,1-3H3,(H,19,22)(H,20,21). The van der Waals surface area contributed by atoms with Gasteiger partial charge in [-0.05, 0) is 26.0 Å². The number of hydrogen-bond acceptors (Lipinski definition) is 4. The summed E-state index contributed by atoms with van der Waals surface area (Å²) in [5.41, 5.74) is 0.880. The van der Waals surface area contributed by atoms with Crippen molar-refractivity contribution < 1.29 is 28.2 Å². The number of nitrogens with one attached hydrogen (secondary N) is 1. The summed E-state index contributed by atoms with van der Waals surface area (Å²) in [5.74, 6) is -1.77. The number of aliphatic carboxylic acids is 1. The van der Waals surface area contributed by atoms with Crippen molar-refractivity contribution in [2.45, 2.75) is 26.3 Å². The number of carbonyl (C=O) groups is 2. The van der Waals surface area contributed by atoms with Crippen LogP contribution >= 0.6 is 0 Å². The van der Waals surface area contributed by atoms with Gasteiger partial charge >= 0.3 is 5.97 Å². The average molecular weight is 335 g/mol. The van der Waals surface area contributed by atoms with Gasteiger partial charge in [-0.2, -0.15) is 0 Å². The Bertz CT molecular complexity index is 768. The number of furan rings is 1. The Morgan fingerprint density at radius 1 is 1.42 bits per heavy atom. The molecule has 2 N–H and O–H groups in total. The number of benzene rings is 1. The fourth-order valence-electron chi connectivity index (χ4n) is 2.53. The van der Waals surface area contributed by atoms with Crippen LogP contribution in [0.15, 0.2) is 28.9 Å². The maximum atomic E-state index is 14.1. The molecule has 0 aliphatic carbocycles. The predicted molar refractivity (Wildman–Crippen MR) is 83.6 cm³/mol. The zero-order valence-electron chi connectivity index (χ0n) is 13.6. The highest BCUT2D eigenvalue weighted by Gasteiger charge is 2.24. The van der Waals surface area contributed by atoms with Gasteiger partial charge in [-0.15, -0.1) is 0 Å². The van der Waals surface area contributed by atoms with Crippen LogP contribution in [0.2, 0.25) is 0 Å². The number of amides is 1. The summed E-state index contributed by atoms with van der Waals surface area (Å²) in [6, 6.07) is 3.71. The molecule has 1 atom stereocenters. The Hall–Kier alpha value is -2.83. The van der Waals surface area contributed by atoms with E-state index in [2.05, 4.69) is 5.32 Å². The number of aryl methyl sites for hydroxylation is 1. The van der Waals surface area contributed by atoms with Crippen LogP contribution in [0.5, 0.6) is 5.75 Å². The second-order valence-electron chi connectivity index (χ2n) is 5.34. The van der Waals surface area contributed by atoms with Crippen LogP contribution in [0.3, 0.4) is 0 Å². The van der Waals surface area contributed by atoms with E-state index in [1.807, 2.05) is 0 Å². The van der Waals surface area contributed by atoms with Crippen LogP contribution in [-0.2, 0) is 11.2 Å². The molecule has 0 bridgehead atoms. The third-order valence-electron chi connectivity index (χ3n) is 3.60. The Morgan fingerprint density at radius 3 is 2.75 bits per heavy atom. The molecule has 128 valence electrons. The number of rotatable bonds is 6. The summed E-state index contributed by atoms with van der Waals surface area (Å²) in [4.78, 5) is 23.4. The molecule has 2 rings (SSSR count). The smallest absolute Gasteiger partial charge is 0.311 e. The molecule has 0 saturated heterocycles. The van der Waals surface area contributed by atoms with Gasteiger partial charge in [0, 0.05) is 5.56 Å². The molecule has 2 aromatic rings. The van der Waals surface area contributed by atoms with Crippen LogP contribution in [0, 0.1) is 12.7 Å². The van der Waals surface area contributed by atoms with Gasteiger partial charge in [0.15, 0.2) is 0 Å². The van der Waals surface area contributed by atoms with Gasteiger partial charge < -0.3 is 19.6 Å². The first-order valence-electron chi connectivity index (χ1n) is 7.27. The minimum atomic E-state index is -1.11. The molecule has 1 aromatic heterocycles. The lowest BCUT2D eigenvalue weighted by atomic mass is 10.0. The molecule has 1 heterocycles. The highest BCUT2D eigenvalue weighted by Crippen LogP contribution is 2.28. The number of methoxy groups -OCH3 is 1.